The van der Waals surface area contributed by atoms with E-state index in [0.717, 1.165) is 5.56 Å². The zero-order valence-electron chi connectivity index (χ0n) is 7.85. The van der Waals surface area contributed by atoms with Gasteiger partial charge in [-0.25, -0.2) is 10.0 Å². The second-order valence-corrected chi connectivity index (χ2v) is 3.79. The predicted octanol–water partition coefficient (Wildman–Crippen LogP) is 1.49. The Hall–Kier alpha value is -1.37. The number of hydrazine groups is 1. The molecule has 70 valence electrons. The van der Waals surface area contributed by atoms with Crippen LogP contribution in [0.5, 0.6) is 0 Å². The van der Waals surface area contributed by atoms with Crippen molar-refractivity contribution in [3.05, 3.63) is 35.4 Å². The maximum Gasteiger partial charge on any atom is 0.115 e. The molecule has 0 amide bonds. The molecule has 0 aromatic heterocycles. The first kappa shape index (κ1) is 7.98. The van der Waals surface area contributed by atoms with Crippen molar-refractivity contribution in [3.8, 4) is 6.07 Å². The molecule has 2 fully saturated rings. The molecule has 1 aromatic rings. The van der Waals surface area contributed by atoms with Gasteiger partial charge in [0.2, 0.25) is 0 Å². The summed E-state index contributed by atoms with van der Waals surface area (Å²) in [5.41, 5.74) is 2.05. The number of benzene rings is 1. The van der Waals surface area contributed by atoms with E-state index in [2.05, 4.69) is 28.2 Å². The third kappa shape index (κ3) is 1.05. The summed E-state index contributed by atoms with van der Waals surface area (Å²) >= 11 is 0. The fraction of sp³-hybridized carbons (Fsp3) is 0.364. The first-order chi connectivity index (χ1) is 6.90. The van der Waals surface area contributed by atoms with Gasteiger partial charge in [-0.05, 0) is 24.1 Å². The van der Waals surface area contributed by atoms with Gasteiger partial charge >= 0.3 is 0 Å². The van der Waals surface area contributed by atoms with E-state index in [-0.39, 0.29) is 0 Å². The van der Waals surface area contributed by atoms with Crippen molar-refractivity contribution in [2.75, 3.05) is 13.1 Å². The maximum absolute atomic E-state index is 8.67. The van der Waals surface area contributed by atoms with Gasteiger partial charge in [-0.1, -0.05) is 12.1 Å². The molecule has 0 saturated carbocycles. The molecule has 2 atom stereocenters. The second kappa shape index (κ2) is 2.81. The topological polar surface area (TPSA) is 29.8 Å². The fourth-order valence-electron chi connectivity index (χ4n) is 2.22. The molecule has 0 N–H and O–H groups in total. The molecule has 1 aromatic carbocycles. The molecular weight excluding hydrogens is 174 g/mol. The van der Waals surface area contributed by atoms with Crippen LogP contribution in [0.1, 0.15) is 23.7 Å². The molecule has 3 rings (SSSR count). The summed E-state index contributed by atoms with van der Waals surface area (Å²) in [5.74, 6) is 0. The minimum Gasteiger partial charge on any atom is -0.217 e. The molecule has 14 heavy (non-hydrogen) atoms. The third-order valence-electron chi connectivity index (χ3n) is 2.95. The summed E-state index contributed by atoms with van der Waals surface area (Å²) < 4.78 is 0. The van der Waals surface area contributed by atoms with E-state index < -0.39 is 0 Å². The van der Waals surface area contributed by atoms with Gasteiger partial charge in [0.1, 0.15) is 6.17 Å². The summed E-state index contributed by atoms with van der Waals surface area (Å²) in [7, 11) is 0. The molecule has 3 nitrogen and oxygen atoms in total. The van der Waals surface area contributed by atoms with Crippen LogP contribution in [-0.4, -0.2) is 23.1 Å². The largest absolute Gasteiger partial charge is 0.217 e. The molecule has 2 aliphatic heterocycles. The Balaban J connectivity index is 1.82. The smallest absolute Gasteiger partial charge is 0.115 e. The van der Waals surface area contributed by atoms with Crippen molar-refractivity contribution in [2.24, 2.45) is 0 Å². The zero-order valence-corrected chi connectivity index (χ0v) is 7.85. The monoisotopic (exact) mass is 185 g/mol. The van der Waals surface area contributed by atoms with E-state index >= 15 is 0 Å². The number of fused-ring (bicyclic) bond motifs is 1. The standard InChI is InChI=1S/C11H11N3/c12-8-9-2-4-10(5-3-9)11-13-6-1-7-14(11)13/h2-5,11H,1,6-7H2. The summed E-state index contributed by atoms with van der Waals surface area (Å²) in [4.78, 5) is 0. The first-order valence-electron chi connectivity index (χ1n) is 4.93. The lowest BCUT2D eigenvalue weighted by atomic mass is 10.1. The van der Waals surface area contributed by atoms with Crippen LogP contribution in [0.3, 0.4) is 0 Å². The van der Waals surface area contributed by atoms with Gasteiger partial charge in [0.05, 0.1) is 11.6 Å². The van der Waals surface area contributed by atoms with Gasteiger partial charge in [-0.15, -0.1) is 0 Å². The molecule has 0 spiro atoms. The average molecular weight is 185 g/mol. The van der Waals surface area contributed by atoms with E-state index in [1.807, 2.05) is 12.1 Å². The van der Waals surface area contributed by atoms with Crippen molar-refractivity contribution in [1.82, 2.24) is 10.0 Å². The Labute approximate surface area is 83.1 Å². The number of nitriles is 1. The summed E-state index contributed by atoms with van der Waals surface area (Å²) in [5, 5.41) is 13.4. The molecule has 2 unspecified atom stereocenters. The Morgan fingerprint density at radius 3 is 2.36 bits per heavy atom. The number of hydrogen-bond donors (Lipinski definition) is 0. The molecule has 2 saturated heterocycles. The van der Waals surface area contributed by atoms with Crippen molar-refractivity contribution in [1.29, 1.82) is 5.26 Å². The van der Waals surface area contributed by atoms with E-state index in [4.69, 9.17) is 5.26 Å². The van der Waals surface area contributed by atoms with Crippen LogP contribution >= 0.6 is 0 Å². The molecule has 2 heterocycles. The quantitative estimate of drug-likeness (QED) is 0.621. The predicted molar refractivity (Wildman–Crippen MR) is 51.9 cm³/mol. The lowest BCUT2D eigenvalue weighted by Gasteiger charge is -2.00. The van der Waals surface area contributed by atoms with Gasteiger partial charge in [0, 0.05) is 13.1 Å². The van der Waals surface area contributed by atoms with Crippen LogP contribution in [0.2, 0.25) is 0 Å². The highest BCUT2D eigenvalue weighted by Gasteiger charge is 2.48. The molecule has 3 heteroatoms. The summed E-state index contributed by atoms with van der Waals surface area (Å²) in [6.45, 7) is 2.37. The van der Waals surface area contributed by atoms with Crippen LogP contribution in [0.15, 0.2) is 24.3 Å². The number of rotatable bonds is 1. The van der Waals surface area contributed by atoms with Crippen LogP contribution in [0, 0.1) is 11.3 Å². The molecular formula is C11H11N3. The van der Waals surface area contributed by atoms with Gasteiger partial charge in [0.15, 0.2) is 0 Å². The molecule has 0 bridgehead atoms. The Bertz CT molecular complexity index is 380. The van der Waals surface area contributed by atoms with Gasteiger partial charge in [-0.2, -0.15) is 5.26 Å². The van der Waals surface area contributed by atoms with Crippen LogP contribution in [0.25, 0.3) is 0 Å². The van der Waals surface area contributed by atoms with Crippen molar-refractivity contribution in [2.45, 2.75) is 12.6 Å². The normalized spacial score (nSPS) is 33.5. The molecule has 2 aliphatic rings. The highest BCUT2D eigenvalue weighted by atomic mass is 15.9. The van der Waals surface area contributed by atoms with E-state index in [0.29, 0.717) is 6.17 Å². The SMILES string of the molecule is N#Cc1ccc(C2N3CCCN23)cc1. The van der Waals surface area contributed by atoms with Crippen molar-refractivity contribution < 1.29 is 0 Å². The summed E-state index contributed by atoms with van der Waals surface area (Å²) in [6, 6.07) is 10.0. The van der Waals surface area contributed by atoms with Crippen molar-refractivity contribution in [3.63, 3.8) is 0 Å². The first-order valence-corrected chi connectivity index (χ1v) is 4.93. The van der Waals surface area contributed by atoms with Crippen LogP contribution in [-0.2, 0) is 0 Å². The zero-order chi connectivity index (χ0) is 9.54. The maximum atomic E-state index is 8.67. The van der Waals surface area contributed by atoms with E-state index in [1.54, 1.807) is 0 Å². The third-order valence-corrected chi connectivity index (χ3v) is 2.95. The highest BCUT2D eigenvalue weighted by molar-refractivity contribution is 5.33. The number of nitrogens with zero attached hydrogens (tertiary/aromatic N) is 3. The molecule has 0 aliphatic carbocycles. The lowest BCUT2D eigenvalue weighted by molar-refractivity contribution is 0.412. The van der Waals surface area contributed by atoms with E-state index in [1.165, 1.54) is 25.1 Å². The second-order valence-electron chi connectivity index (χ2n) is 3.79. The number of hydrogen-bond acceptors (Lipinski definition) is 3. The van der Waals surface area contributed by atoms with Gasteiger partial charge in [0.25, 0.3) is 0 Å². The highest BCUT2D eigenvalue weighted by Crippen LogP contribution is 2.44. The van der Waals surface area contributed by atoms with Gasteiger partial charge in [-0.3, -0.25) is 0 Å². The van der Waals surface area contributed by atoms with E-state index in [9.17, 15) is 0 Å². The molecule has 0 radical (unpaired) electrons. The fourth-order valence-corrected chi connectivity index (χ4v) is 2.22. The van der Waals surface area contributed by atoms with Crippen LogP contribution in [0.4, 0.5) is 0 Å². The Morgan fingerprint density at radius 2 is 1.79 bits per heavy atom. The minimum atomic E-state index is 0.497. The average Bonchev–Trinajstić information content (AvgIpc) is 2.72. The Kier molecular flexibility index (Phi) is 1.60. The summed E-state index contributed by atoms with van der Waals surface area (Å²) in [6.07, 6.45) is 1.78. The van der Waals surface area contributed by atoms with Crippen LogP contribution < -0.4 is 0 Å². The lowest BCUT2D eigenvalue weighted by Crippen LogP contribution is -1.99. The van der Waals surface area contributed by atoms with Crippen molar-refractivity contribution >= 4 is 0 Å². The Morgan fingerprint density at radius 1 is 1.14 bits per heavy atom. The van der Waals surface area contributed by atoms with Gasteiger partial charge < -0.3 is 0 Å². The minimum absolute atomic E-state index is 0.497.